The van der Waals surface area contributed by atoms with Crippen LogP contribution >= 0.6 is 27.3 Å². The summed E-state index contributed by atoms with van der Waals surface area (Å²) >= 11 is 5.19. The number of hydrogen-bond donors (Lipinski definition) is 1. The molecular formula is C15H19BrN2O2S. The van der Waals surface area contributed by atoms with Gasteiger partial charge >= 0.3 is 0 Å². The summed E-state index contributed by atoms with van der Waals surface area (Å²) in [5.41, 5.74) is 6.75. The van der Waals surface area contributed by atoms with Crippen molar-refractivity contribution in [2.45, 2.75) is 26.9 Å². The van der Waals surface area contributed by atoms with Crippen LogP contribution in [0.3, 0.4) is 0 Å². The largest absolute Gasteiger partial charge is 0.490 e. The minimum Gasteiger partial charge on any atom is -0.490 e. The molecule has 0 atom stereocenters. The van der Waals surface area contributed by atoms with Gasteiger partial charge in [0.1, 0.15) is 6.61 Å². The molecule has 0 aliphatic heterocycles. The number of benzene rings is 1. The van der Waals surface area contributed by atoms with E-state index in [-0.39, 0.29) is 0 Å². The van der Waals surface area contributed by atoms with Crippen LogP contribution in [0.1, 0.15) is 22.4 Å². The van der Waals surface area contributed by atoms with Gasteiger partial charge in [0.2, 0.25) is 0 Å². The van der Waals surface area contributed by atoms with Gasteiger partial charge in [0.05, 0.1) is 21.0 Å². The number of nitrogens with zero attached hydrogens (tertiary/aromatic N) is 1. The van der Waals surface area contributed by atoms with Crippen LogP contribution in [-0.4, -0.2) is 18.1 Å². The van der Waals surface area contributed by atoms with Crippen molar-refractivity contribution in [3.8, 4) is 11.5 Å². The molecule has 2 rings (SSSR count). The van der Waals surface area contributed by atoms with Crippen LogP contribution in [0.15, 0.2) is 22.8 Å². The van der Waals surface area contributed by atoms with Crippen molar-refractivity contribution >= 4 is 27.3 Å². The molecule has 0 saturated heterocycles. The van der Waals surface area contributed by atoms with E-state index in [1.807, 2.05) is 32.2 Å². The predicted molar refractivity (Wildman–Crippen MR) is 89.3 cm³/mol. The van der Waals surface area contributed by atoms with Gasteiger partial charge in [-0.15, -0.1) is 11.3 Å². The van der Waals surface area contributed by atoms with Crippen LogP contribution in [0.4, 0.5) is 0 Å². The van der Waals surface area contributed by atoms with E-state index < -0.39 is 0 Å². The fourth-order valence-corrected chi connectivity index (χ4v) is 3.26. The first-order valence-corrected chi connectivity index (χ1v) is 8.44. The Morgan fingerprint density at radius 2 is 2.14 bits per heavy atom. The number of rotatable bonds is 7. The highest BCUT2D eigenvalue weighted by molar-refractivity contribution is 9.10. The summed E-state index contributed by atoms with van der Waals surface area (Å²) in [5, 5.41) is 1.04. The van der Waals surface area contributed by atoms with E-state index >= 15 is 0 Å². The number of thiazole rings is 1. The Kier molecular flexibility index (Phi) is 6.02. The standard InChI is InChI=1S/C15H19BrN2O2S/c1-3-19-14-7-11(4-5-17)6-13(16)15(14)20-9-12-8-18-10(2)21-12/h6-8H,3-5,9,17H2,1-2H3. The molecule has 0 saturated carbocycles. The quantitative estimate of drug-likeness (QED) is 0.807. The maximum atomic E-state index is 5.92. The Labute approximate surface area is 137 Å². The van der Waals surface area contributed by atoms with E-state index in [0.717, 1.165) is 37.8 Å². The molecular weight excluding hydrogens is 352 g/mol. The normalized spacial score (nSPS) is 10.7. The molecule has 2 aromatic rings. The third kappa shape index (κ3) is 4.43. The second-order valence-electron chi connectivity index (χ2n) is 4.51. The predicted octanol–water partition coefficient (Wildman–Crippen LogP) is 3.69. The molecule has 114 valence electrons. The lowest BCUT2D eigenvalue weighted by molar-refractivity contribution is 0.269. The van der Waals surface area contributed by atoms with Crippen LogP contribution in [0.2, 0.25) is 0 Å². The lowest BCUT2D eigenvalue weighted by Crippen LogP contribution is -2.05. The Bertz CT molecular complexity index is 601. The highest BCUT2D eigenvalue weighted by atomic mass is 79.9. The first-order chi connectivity index (χ1) is 10.1. The fraction of sp³-hybridized carbons (Fsp3) is 0.400. The molecule has 0 spiro atoms. The van der Waals surface area contributed by atoms with Gasteiger partial charge in [0, 0.05) is 6.20 Å². The Morgan fingerprint density at radius 3 is 2.76 bits per heavy atom. The molecule has 0 amide bonds. The van der Waals surface area contributed by atoms with Gasteiger partial charge in [-0.05, 0) is 60.4 Å². The second-order valence-corrected chi connectivity index (χ2v) is 6.68. The van der Waals surface area contributed by atoms with Gasteiger partial charge in [-0.3, -0.25) is 0 Å². The summed E-state index contributed by atoms with van der Waals surface area (Å²) in [6.07, 6.45) is 2.66. The summed E-state index contributed by atoms with van der Waals surface area (Å²) < 4.78 is 12.5. The summed E-state index contributed by atoms with van der Waals surface area (Å²) in [6.45, 7) is 5.63. The monoisotopic (exact) mass is 370 g/mol. The first kappa shape index (κ1) is 16.3. The number of halogens is 1. The molecule has 6 heteroatoms. The summed E-state index contributed by atoms with van der Waals surface area (Å²) in [5.74, 6) is 1.47. The van der Waals surface area contributed by atoms with Crippen molar-refractivity contribution < 1.29 is 9.47 Å². The van der Waals surface area contributed by atoms with Crippen molar-refractivity contribution in [3.63, 3.8) is 0 Å². The van der Waals surface area contributed by atoms with Crippen molar-refractivity contribution in [1.82, 2.24) is 4.98 Å². The van der Waals surface area contributed by atoms with E-state index in [1.54, 1.807) is 11.3 Å². The molecule has 2 N–H and O–H groups in total. The van der Waals surface area contributed by atoms with E-state index in [2.05, 4.69) is 20.9 Å². The molecule has 4 nitrogen and oxygen atoms in total. The summed E-state index contributed by atoms with van der Waals surface area (Å²) in [7, 11) is 0. The topological polar surface area (TPSA) is 57.4 Å². The zero-order valence-electron chi connectivity index (χ0n) is 12.2. The van der Waals surface area contributed by atoms with E-state index in [9.17, 15) is 0 Å². The zero-order valence-corrected chi connectivity index (χ0v) is 14.6. The van der Waals surface area contributed by atoms with Gasteiger partial charge in [-0.25, -0.2) is 4.98 Å². The Morgan fingerprint density at radius 1 is 1.33 bits per heavy atom. The smallest absolute Gasteiger partial charge is 0.175 e. The maximum absolute atomic E-state index is 5.92. The Hall–Kier alpha value is -1.11. The third-order valence-corrected chi connectivity index (χ3v) is 4.31. The molecule has 0 bridgehead atoms. The minimum absolute atomic E-state index is 0.487. The summed E-state index contributed by atoms with van der Waals surface area (Å²) in [4.78, 5) is 5.32. The molecule has 0 aliphatic carbocycles. The van der Waals surface area contributed by atoms with Crippen LogP contribution < -0.4 is 15.2 Å². The lowest BCUT2D eigenvalue weighted by Gasteiger charge is -2.15. The van der Waals surface area contributed by atoms with Crippen LogP contribution in [0.25, 0.3) is 0 Å². The van der Waals surface area contributed by atoms with Crippen molar-refractivity contribution in [1.29, 1.82) is 0 Å². The highest BCUT2D eigenvalue weighted by Gasteiger charge is 2.13. The number of hydrogen-bond acceptors (Lipinski definition) is 5. The van der Waals surface area contributed by atoms with Crippen LogP contribution in [0.5, 0.6) is 11.5 Å². The van der Waals surface area contributed by atoms with E-state index in [4.69, 9.17) is 15.2 Å². The molecule has 0 unspecified atom stereocenters. The zero-order chi connectivity index (χ0) is 15.2. The molecule has 1 heterocycles. The van der Waals surface area contributed by atoms with Gasteiger partial charge in [0.15, 0.2) is 11.5 Å². The highest BCUT2D eigenvalue weighted by Crippen LogP contribution is 2.37. The van der Waals surface area contributed by atoms with Gasteiger partial charge in [-0.1, -0.05) is 0 Å². The Balaban J connectivity index is 2.19. The average Bonchev–Trinajstić information content (AvgIpc) is 2.84. The van der Waals surface area contributed by atoms with Crippen molar-refractivity contribution in [2.24, 2.45) is 5.73 Å². The lowest BCUT2D eigenvalue weighted by atomic mass is 10.1. The molecule has 0 radical (unpaired) electrons. The maximum Gasteiger partial charge on any atom is 0.175 e. The molecule has 21 heavy (non-hydrogen) atoms. The average molecular weight is 371 g/mol. The number of ether oxygens (including phenoxy) is 2. The van der Waals surface area contributed by atoms with E-state index in [1.165, 1.54) is 0 Å². The van der Waals surface area contributed by atoms with Crippen molar-refractivity contribution in [2.75, 3.05) is 13.2 Å². The van der Waals surface area contributed by atoms with E-state index in [0.29, 0.717) is 19.8 Å². The molecule has 1 aromatic heterocycles. The van der Waals surface area contributed by atoms with Crippen molar-refractivity contribution in [3.05, 3.63) is 38.3 Å². The van der Waals surface area contributed by atoms with Gasteiger partial charge in [0.25, 0.3) is 0 Å². The minimum atomic E-state index is 0.487. The number of aryl methyl sites for hydroxylation is 1. The number of aromatic nitrogens is 1. The molecule has 0 aliphatic rings. The fourth-order valence-electron chi connectivity index (χ4n) is 1.95. The van der Waals surface area contributed by atoms with Gasteiger partial charge in [-0.2, -0.15) is 0 Å². The van der Waals surface area contributed by atoms with Gasteiger partial charge < -0.3 is 15.2 Å². The number of nitrogens with two attached hydrogens (primary N) is 1. The molecule has 0 fully saturated rings. The first-order valence-electron chi connectivity index (χ1n) is 6.83. The second kappa shape index (κ2) is 7.77. The summed E-state index contributed by atoms with van der Waals surface area (Å²) in [6, 6.07) is 4.02. The van der Waals surface area contributed by atoms with Crippen LogP contribution in [0, 0.1) is 6.92 Å². The van der Waals surface area contributed by atoms with Crippen LogP contribution in [-0.2, 0) is 13.0 Å². The SMILES string of the molecule is CCOc1cc(CCN)cc(Br)c1OCc1cnc(C)s1. The molecule has 1 aromatic carbocycles. The third-order valence-electron chi connectivity index (χ3n) is 2.83.